The van der Waals surface area contributed by atoms with Gasteiger partial charge in [0.05, 0.1) is 0 Å². The summed E-state index contributed by atoms with van der Waals surface area (Å²) in [5.41, 5.74) is 5.12. The number of aryl methyl sites for hydroxylation is 2. The first kappa shape index (κ1) is 16.5. The van der Waals surface area contributed by atoms with E-state index in [2.05, 4.69) is 47.2 Å². The van der Waals surface area contributed by atoms with Gasteiger partial charge >= 0.3 is 0 Å². The number of halogens is 1. The van der Waals surface area contributed by atoms with Crippen LogP contribution in [0.15, 0.2) is 58.7 Å². The largest absolute Gasteiger partial charge is 0.359 e. The lowest BCUT2D eigenvalue weighted by Crippen LogP contribution is -2.03. The number of carbonyl (C=O) groups is 1. The van der Waals surface area contributed by atoms with Crippen molar-refractivity contribution in [2.24, 2.45) is 0 Å². The van der Waals surface area contributed by atoms with E-state index in [1.165, 1.54) is 11.1 Å². The topological polar surface area (TPSA) is 29.1 Å². The molecule has 0 atom stereocenters. The van der Waals surface area contributed by atoms with Crippen LogP contribution in [0.3, 0.4) is 0 Å². The van der Waals surface area contributed by atoms with Gasteiger partial charge in [-0.2, -0.15) is 0 Å². The van der Waals surface area contributed by atoms with Crippen molar-refractivity contribution in [3.05, 3.63) is 75.4 Å². The van der Waals surface area contributed by atoms with E-state index >= 15 is 0 Å². The summed E-state index contributed by atoms with van der Waals surface area (Å²) in [7, 11) is 0. The molecule has 0 spiro atoms. The Morgan fingerprint density at radius 1 is 1.09 bits per heavy atom. The Morgan fingerprint density at radius 2 is 1.77 bits per heavy atom. The predicted molar refractivity (Wildman–Crippen MR) is 96.4 cm³/mol. The van der Waals surface area contributed by atoms with E-state index < -0.39 is 0 Å². The van der Waals surface area contributed by atoms with Gasteiger partial charge in [0.2, 0.25) is 0 Å². The van der Waals surface area contributed by atoms with Gasteiger partial charge in [0.15, 0.2) is 5.78 Å². The molecule has 0 aliphatic carbocycles. The molecule has 1 N–H and O–H groups in total. The van der Waals surface area contributed by atoms with E-state index in [9.17, 15) is 4.79 Å². The lowest BCUT2D eigenvalue weighted by molar-refractivity contribution is 0.104. The van der Waals surface area contributed by atoms with Crippen molar-refractivity contribution in [2.45, 2.75) is 27.2 Å². The maximum atomic E-state index is 12.3. The lowest BCUT2D eigenvalue weighted by Gasteiger charge is -2.11. The number of benzene rings is 2. The van der Waals surface area contributed by atoms with Crippen LogP contribution in [-0.2, 0) is 0 Å². The van der Waals surface area contributed by atoms with Gasteiger partial charge in [0.1, 0.15) is 0 Å². The Hall–Kier alpha value is -1.87. The van der Waals surface area contributed by atoms with Crippen LogP contribution >= 0.6 is 15.9 Å². The van der Waals surface area contributed by atoms with Crippen LogP contribution in [0.1, 0.15) is 34.8 Å². The summed E-state index contributed by atoms with van der Waals surface area (Å²) in [6.07, 6.45) is 2.45. The van der Waals surface area contributed by atoms with Crippen LogP contribution in [0.25, 0.3) is 0 Å². The Balaban J connectivity index is 2.17. The zero-order chi connectivity index (χ0) is 16.1. The molecule has 0 saturated carbocycles. The molecule has 2 aromatic carbocycles. The third-order valence-corrected chi connectivity index (χ3v) is 4.16. The van der Waals surface area contributed by atoms with E-state index in [4.69, 9.17) is 0 Å². The molecule has 2 rings (SSSR count). The molecule has 0 fully saturated rings. The van der Waals surface area contributed by atoms with Crippen LogP contribution in [0, 0.1) is 13.8 Å². The Kier molecular flexibility index (Phi) is 5.56. The highest BCUT2D eigenvalue weighted by atomic mass is 79.9. The van der Waals surface area contributed by atoms with Crippen LogP contribution in [-0.4, -0.2) is 5.78 Å². The fourth-order valence-corrected chi connectivity index (χ4v) is 2.35. The number of hydrogen-bond donors (Lipinski definition) is 1. The molecule has 0 radical (unpaired) electrons. The van der Waals surface area contributed by atoms with Crippen molar-refractivity contribution in [3.63, 3.8) is 0 Å². The minimum Gasteiger partial charge on any atom is -0.359 e. The first-order valence-corrected chi connectivity index (χ1v) is 8.13. The highest BCUT2D eigenvalue weighted by Gasteiger charge is 2.05. The first-order chi connectivity index (χ1) is 10.5. The first-order valence-electron chi connectivity index (χ1n) is 7.34. The molecular formula is C19H20BrNO. The van der Waals surface area contributed by atoms with Crippen LogP contribution in [0.4, 0.5) is 5.69 Å². The van der Waals surface area contributed by atoms with E-state index in [1.807, 2.05) is 37.3 Å². The summed E-state index contributed by atoms with van der Waals surface area (Å²) in [6.45, 7) is 6.21. The van der Waals surface area contributed by atoms with Crippen molar-refractivity contribution in [1.82, 2.24) is 0 Å². The molecule has 114 valence electrons. The Morgan fingerprint density at radius 3 is 2.36 bits per heavy atom. The predicted octanol–water partition coefficient (Wildman–Crippen LogP) is 5.65. The van der Waals surface area contributed by atoms with Gasteiger partial charge in [-0.1, -0.05) is 28.9 Å². The molecule has 0 amide bonds. The molecule has 0 aliphatic rings. The number of allylic oxidation sites excluding steroid dienone is 2. The van der Waals surface area contributed by atoms with Crippen LogP contribution in [0.5, 0.6) is 0 Å². The van der Waals surface area contributed by atoms with Gasteiger partial charge in [-0.05, 0) is 67.8 Å². The second-order valence-corrected chi connectivity index (χ2v) is 6.23. The van der Waals surface area contributed by atoms with Gasteiger partial charge in [0.25, 0.3) is 0 Å². The standard InChI is InChI=1S/C19H20BrNO/c1-4-17(21-18-10-5-13(2)14(3)11-18)12-19(22)15-6-8-16(20)9-7-15/h5-12,21H,4H2,1-3H3/b17-12+. The molecule has 2 nitrogen and oxygen atoms in total. The zero-order valence-corrected chi connectivity index (χ0v) is 14.7. The number of ketones is 1. The van der Waals surface area contributed by atoms with Gasteiger partial charge in [-0.25, -0.2) is 0 Å². The van der Waals surface area contributed by atoms with E-state index in [0.29, 0.717) is 5.56 Å². The van der Waals surface area contributed by atoms with Crippen molar-refractivity contribution in [3.8, 4) is 0 Å². The molecule has 0 unspecified atom stereocenters. The maximum absolute atomic E-state index is 12.3. The number of hydrogen-bond acceptors (Lipinski definition) is 2. The molecule has 0 bridgehead atoms. The van der Waals surface area contributed by atoms with E-state index in [-0.39, 0.29) is 5.78 Å². The second-order valence-electron chi connectivity index (χ2n) is 5.32. The molecule has 0 saturated heterocycles. The Bertz CT molecular complexity index is 702. The van der Waals surface area contributed by atoms with Gasteiger partial charge in [-0.3, -0.25) is 4.79 Å². The lowest BCUT2D eigenvalue weighted by atomic mass is 10.1. The van der Waals surface area contributed by atoms with Crippen LogP contribution < -0.4 is 5.32 Å². The molecular weight excluding hydrogens is 338 g/mol. The monoisotopic (exact) mass is 357 g/mol. The number of nitrogens with one attached hydrogen (secondary N) is 1. The quantitative estimate of drug-likeness (QED) is 0.552. The summed E-state index contributed by atoms with van der Waals surface area (Å²) in [5, 5.41) is 3.34. The molecule has 0 heterocycles. The SMILES string of the molecule is CC/C(=C\C(=O)c1ccc(Br)cc1)Nc1ccc(C)c(C)c1. The highest BCUT2D eigenvalue weighted by molar-refractivity contribution is 9.10. The second kappa shape index (κ2) is 7.41. The number of anilines is 1. The molecule has 2 aromatic rings. The number of rotatable bonds is 5. The molecule has 22 heavy (non-hydrogen) atoms. The van der Waals surface area contributed by atoms with Crippen LogP contribution in [0.2, 0.25) is 0 Å². The fraction of sp³-hybridized carbons (Fsp3) is 0.211. The third-order valence-electron chi connectivity index (χ3n) is 3.63. The van der Waals surface area contributed by atoms with Gasteiger partial charge in [0, 0.05) is 27.5 Å². The average molecular weight is 358 g/mol. The van der Waals surface area contributed by atoms with Crippen molar-refractivity contribution >= 4 is 27.4 Å². The minimum atomic E-state index is 0.0145. The van der Waals surface area contributed by atoms with E-state index in [1.54, 1.807) is 6.08 Å². The molecule has 3 heteroatoms. The summed E-state index contributed by atoms with van der Waals surface area (Å²) in [5.74, 6) is 0.0145. The summed E-state index contributed by atoms with van der Waals surface area (Å²) < 4.78 is 0.969. The zero-order valence-electron chi connectivity index (χ0n) is 13.1. The van der Waals surface area contributed by atoms with Crippen molar-refractivity contribution in [1.29, 1.82) is 0 Å². The fourth-order valence-electron chi connectivity index (χ4n) is 2.09. The third kappa shape index (κ3) is 4.31. The average Bonchev–Trinajstić information content (AvgIpc) is 2.50. The van der Waals surface area contributed by atoms with Crippen molar-refractivity contribution < 1.29 is 4.79 Å². The maximum Gasteiger partial charge on any atom is 0.187 e. The smallest absolute Gasteiger partial charge is 0.187 e. The van der Waals surface area contributed by atoms with Gasteiger partial charge in [-0.15, -0.1) is 0 Å². The Labute approximate surface area is 140 Å². The van der Waals surface area contributed by atoms with E-state index in [0.717, 1.165) is 22.3 Å². The molecule has 0 aromatic heterocycles. The van der Waals surface area contributed by atoms with Gasteiger partial charge < -0.3 is 5.32 Å². The summed E-state index contributed by atoms with van der Waals surface area (Å²) >= 11 is 3.38. The minimum absolute atomic E-state index is 0.0145. The number of carbonyl (C=O) groups excluding carboxylic acids is 1. The normalized spacial score (nSPS) is 11.4. The molecule has 0 aliphatic heterocycles. The summed E-state index contributed by atoms with van der Waals surface area (Å²) in [6, 6.07) is 13.6. The summed E-state index contributed by atoms with van der Waals surface area (Å²) in [4.78, 5) is 12.3. The van der Waals surface area contributed by atoms with Crippen molar-refractivity contribution in [2.75, 3.05) is 5.32 Å². The highest BCUT2D eigenvalue weighted by Crippen LogP contribution is 2.18.